The van der Waals surface area contributed by atoms with Gasteiger partial charge in [0.15, 0.2) is 17.6 Å². The van der Waals surface area contributed by atoms with E-state index in [9.17, 15) is 8.78 Å². The van der Waals surface area contributed by atoms with Gasteiger partial charge in [0.1, 0.15) is 5.01 Å². The summed E-state index contributed by atoms with van der Waals surface area (Å²) >= 11 is 1.59. The molecule has 2 aromatic rings. The van der Waals surface area contributed by atoms with Crippen molar-refractivity contribution >= 4 is 17.3 Å². The summed E-state index contributed by atoms with van der Waals surface area (Å²) in [6.07, 6.45) is 0. The van der Waals surface area contributed by atoms with Crippen LogP contribution in [0.2, 0.25) is 0 Å². The molecule has 1 aromatic carbocycles. The van der Waals surface area contributed by atoms with Crippen LogP contribution in [0, 0.1) is 11.6 Å². The third-order valence-corrected chi connectivity index (χ3v) is 4.67. The van der Waals surface area contributed by atoms with Crippen LogP contribution in [-0.2, 0) is 12.0 Å². The molecule has 1 aromatic heterocycles. The summed E-state index contributed by atoms with van der Waals surface area (Å²) in [6, 6.07) is 3.68. The van der Waals surface area contributed by atoms with Gasteiger partial charge in [-0.2, -0.15) is 0 Å². The molecule has 0 saturated heterocycles. The number of thiazole rings is 1. The maximum atomic E-state index is 13.4. The van der Waals surface area contributed by atoms with Gasteiger partial charge in [-0.1, -0.05) is 26.8 Å². The Morgan fingerprint density at radius 3 is 2.58 bits per heavy atom. The minimum atomic E-state index is -0.851. The lowest BCUT2D eigenvalue weighted by Crippen LogP contribution is -2.38. The van der Waals surface area contributed by atoms with Crippen molar-refractivity contribution in [1.82, 2.24) is 15.6 Å². The van der Waals surface area contributed by atoms with Gasteiger partial charge < -0.3 is 10.6 Å². The molecule has 0 aliphatic rings. The number of aliphatic imine (C=N–C) groups is 1. The molecule has 1 atom stereocenters. The molecule has 142 valence electrons. The minimum absolute atomic E-state index is 0.0163. The molecule has 26 heavy (non-hydrogen) atoms. The van der Waals surface area contributed by atoms with Crippen LogP contribution < -0.4 is 10.6 Å². The van der Waals surface area contributed by atoms with E-state index < -0.39 is 11.6 Å². The van der Waals surface area contributed by atoms with Crippen molar-refractivity contribution in [2.75, 3.05) is 6.54 Å². The maximum Gasteiger partial charge on any atom is 0.192 e. The average molecular weight is 381 g/mol. The molecule has 0 bridgehead atoms. The van der Waals surface area contributed by atoms with E-state index in [0.29, 0.717) is 24.6 Å². The zero-order valence-electron chi connectivity index (χ0n) is 15.9. The molecule has 0 spiro atoms. The summed E-state index contributed by atoms with van der Waals surface area (Å²) in [5.41, 5.74) is 1.72. The number of halogens is 2. The van der Waals surface area contributed by atoms with Crippen LogP contribution in [0.3, 0.4) is 0 Å². The average Bonchev–Trinajstić information content (AvgIpc) is 3.04. The lowest BCUT2D eigenvalue weighted by molar-refractivity contribution is 0.504. The van der Waals surface area contributed by atoms with Gasteiger partial charge in [0.25, 0.3) is 0 Å². The molecule has 1 unspecified atom stereocenters. The number of hydrogen-bond donors (Lipinski definition) is 2. The Hall–Kier alpha value is -2.02. The molecule has 2 rings (SSSR count). The van der Waals surface area contributed by atoms with Crippen molar-refractivity contribution in [3.8, 4) is 0 Å². The summed E-state index contributed by atoms with van der Waals surface area (Å²) in [6.45, 7) is 11.4. The van der Waals surface area contributed by atoms with Crippen LogP contribution in [0.4, 0.5) is 8.78 Å². The van der Waals surface area contributed by atoms with E-state index in [1.54, 1.807) is 17.4 Å². The van der Waals surface area contributed by atoms with E-state index >= 15 is 0 Å². The van der Waals surface area contributed by atoms with Crippen molar-refractivity contribution in [3.63, 3.8) is 0 Å². The fraction of sp³-hybridized carbons (Fsp3) is 0.474. The molecule has 7 heteroatoms. The van der Waals surface area contributed by atoms with Crippen molar-refractivity contribution < 1.29 is 8.78 Å². The number of hydrogen-bond acceptors (Lipinski definition) is 3. The topological polar surface area (TPSA) is 49.3 Å². The zero-order chi connectivity index (χ0) is 19.3. The van der Waals surface area contributed by atoms with Crippen LogP contribution >= 0.6 is 11.3 Å². The third kappa shape index (κ3) is 5.49. The molecule has 4 nitrogen and oxygen atoms in total. The van der Waals surface area contributed by atoms with Gasteiger partial charge in [-0.15, -0.1) is 11.3 Å². The van der Waals surface area contributed by atoms with Crippen molar-refractivity contribution in [3.05, 3.63) is 51.5 Å². The molecule has 0 aliphatic carbocycles. The molecule has 1 heterocycles. The van der Waals surface area contributed by atoms with Crippen molar-refractivity contribution in [2.24, 2.45) is 4.99 Å². The Morgan fingerprint density at radius 1 is 1.27 bits per heavy atom. The van der Waals surface area contributed by atoms with Gasteiger partial charge in [0.2, 0.25) is 0 Å². The summed E-state index contributed by atoms with van der Waals surface area (Å²) < 4.78 is 26.5. The summed E-state index contributed by atoms with van der Waals surface area (Å²) in [5.74, 6) is -1.09. The number of rotatable bonds is 5. The van der Waals surface area contributed by atoms with Gasteiger partial charge in [-0.3, -0.25) is 0 Å². The molecular formula is C19H26F2N4S. The SMILES string of the molecule is CCNC(=NCc1nc(C(C)(C)C)cs1)NC(C)c1ccc(F)c(F)c1. The summed E-state index contributed by atoms with van der Waals surface area (Å²) in [5, 5.41) is 9.38. The minimum Gasteiger partial charge on any atom is -0.357 e. The summed E-state index contributed by atoms with van der Waals surface area (Å²) in [4.78, 5) is 9.20. The smallest absolute Gasteiger partial charge is 0.192 e. The normalized spacial score (nSPS) is 13.6. The molecule has 2 N–H and O–H groups in total. The second-order valence-electron chi connectivity index (χ2n) is 7.11. The van der Waals surface area contributed by atoms with E-state index in [1.807, 2.05) is 13.8 Å². The number of guanidine groups is 1. The molecule has 0 aliphatic heterocycles. The molecule has 0 amide bonds. The van der Waals surface area contributed by atoms with Gasteiger partial charge in [-0.25, -0.2) is 18.8 Å². The Kier molecular flexibility index (Phi) is 6.69. The highest BCUT2D eigenvalue weighted by molar-refractivity contribution is 7.09. The highest BCUT2D eigenvalue weighted by Gasteiger charge is 2.17. The lowest BCUT2D eigenvalue weighted by Gasteiger charge is -2.18. The largest absolute Gasteiger partial charge is 0.357 e. The first-order valence-corrected chi connectivity index (χ1v) is 9.53. The first kappa shape index (κ1) is 20.3. The Morgan fingerprint density at radius 2 is 2.00 bits per heavy atom. The number of benzene rings is 1. The van der Waals surface area contributed by atoms with Crippen molar-refractivity contribution in [1.29, 1.82) is 0 Å². The maximum absolute atomic E-state index is 13.4. The molecule has 0 saturated carbocycles. The lowest BCUT2D eigenvalue weighted by atomic mass is 9.93. The Balaban J connectivity index is 2.08. The highest BCUT2D eigenvalue weighted by atomic mass is 32.1. The Labute approximate surface area is 157 Å². The van der Waals surface area contributed by atoms with E-state index in [1.165, 1.54) is 6.07 Å². The highest BCUT2D eigenvalue weighted by Crippen LogP contribution is 2.24. The van der Waals surface area contributed by atoms with E-state index in [0.717, 1.165) is 16.8 Å². The fourth-order valence-electron chi connectivity index (χ4n) is 2.26. The summed E-state index contributed by atoms with van der Waals surface area (Å²) in [7, 11) is 0. The van der Waals surface area contributed by atoms with Gasteiger partial charge in [-0.05, 0) is 31.5 Å². The zero-order valence-corrected chi connectivity index (χ0v) is 16.7. The fourth-order valence-corrected chi connectivity index (χ4v) is 3.21. The van der Waals surface area contributed by atoms with Crippen LogP contribution in [0.5, 0.6) is 0 Å². The van der Waals surface area contributed by atoms with Crippen LogP contribution in [0.15, 0.2) is 28.6 Å². The third-order valence-electron chi connectivity index (χ3n) is 3.83. The van der Waals surface area contributed by atoms with Crippen LogP contribution in [0.1, 0.15) is 56.9 Å². The Bertz CT molecular complexity index is 765. The van der Waals surface area contributed by atoms with Crippen molar-refractivity contribution in [2.45, 2.75) is 52.6 Å². The van der Waals surface area contributed by atoms with Crippen LogP contribution in [-0.4, -0.2) is 17.5 Å². The van der Waals surface area contributed by atoms with E-state index in [4.69, 9.17) is 0 Å². The first-order chi connectivity index (χ1) is 12.2. The quantitative estimate of drug-likeness (QED) is 0.592. The molecule has 0 radical (unpaired) electrons. The second-order valence-corrected chi connectivity index (χ2v) is 8.05. The predicted molar refractivity (Wildman–Crippen MR) is 104 cm³/mol. The molecular weight excluding hydrogens is 354 g/mol. The van der Waals surface area contributed by atoms with E-state index in [-0.39, 0.29) is 11.5 Å². The van der Waals surface area contributed by atoms with E-state index in [2.05, 4.69) is 46.8 Å². The monoisotopic (exact) mass is 380 g/mol. The van der Waals surface area contributed by atoms with Crippen LogP contribution in [0.25, 0.3) is 0 Å². The predicted octanol–water partition coefficient (Wildman–Crippen LogP) is 4.54. The number of nitrogens with zero attached hydrogens (tertiary/aromatic N) is 2. The first-order valence-electron chi connectivity index (χ1n) is 8.65. The van der Waals surface area contributed by atoms with Gasteiger partial charge in [0.05, 0.1) is 18.3 Å². The standard InChI is InChI=1S/C19H26F2N4S/c1-6-22-18(23-10-17-25-16(11-26-17)19(3,4)5)24-12(2)13-7-8-14(20)15(21)9-13/h7-9,11-12H,6,10H2,1-5H3,(H2,22,23,24). The number of nitrogens with one attached hydrogen (secondary N) is 2. The second kappa shape index (κ2) is 8.58. The van der Waals surface area contributed by atoms with Gasteiger partial charge in [0, 0.05) is 17.3 Å². The molecule has 0 fully saturated rings. The number of aromatic nitrogens is 1. The van der Waals surface area contributed by atoms with Gasteiger partial charge >= 0.3 is 0 Å².